The molecule has 20 heavy (non-hydrogen) atoms. The summed E-state index contributed by atoms with van der Waals surface area (Å²) in [7, 11) is 1.59. The van der Waals surface area contributed by atoms with Crippen molar-refractivity contribution in [1.82, 2.24) is 5.32 Å². The normalized spacial score (nSPS) is 19.1. The summed E-state index contributed by atoms with van der Waals surface area (Å²) >= 11 is 5.84. The first-order chi connectivity index (χ1) is 9.60. The van der Waals surface area contributed by atoms with Crippen molar-refractivity contribution in [3.05, 3.63) is 34.9 Å². The van der Waals surface area contributed by atoms with Crippen LogP contribution >= 0.6 is 11.6 Å². The van der Waals surface area contributed by atoms with Gasteiger partial charge in [0.1, 0.15) is 0 Å². The number of hydrogen-bond acceptors (Lipinski definition) is 4. The van der Waals surface area contributed by atoms with Crippen LogP contribution in [0.4, 0.5) is 0 Å². The van der Waals surface area contributed by atoms with Crippen molar-refractivity contribution in [1.29, 1.82) is 0 Å². The molecule has 6 heteroatoms. The molecule has 108 valence electrons. The first-order valence-corrected chi connectivity index (χ1v) is 6.76. The zero-order valence-electron chi connectivity index (χ0n) is 11.4. The number of rotatable bonds is 5. The maximum Gasteiger partial charge on any atom is 0.264 e. The molecular weight excluding hydrogens is 280 g/mol. The number of halogens is 1. The molecular formula is C14H17ClN2O3. The summed E-state index contributed by atoms with van der Waals surface area (Å²) in [5.74, 6) is -0.178. The molecule has 0 aromatic heterocycles. The Hall–Kier alpha value is -1.59. The van der Waals surface area contributed by atoms with Gasteiger partial charge in [-0.05, 0) is 24.6 Å². The summed E-state index contributed by atoms with van der Waals surface area (Å²) < 4.78 is 4.97. The van der Waals surface area contributed by atoms with E-state index >= 15 is 0 Å². The fraction of sp³-hybridized carbons (Fsp3) is 0.429. The SMILES string of the molecule is COC[C@H](C)NC(=O)[C@H]1CC(c2ccc(Cl)cc2)=NO1. The molecule has 1 heterocycles. The fourth-order valence-corrected chi connectivity index (χ4v) is 2.08. The quantitative estimate of drug-likeness (QED) is 0.904. The lowest BCUT2D eigenvalue weighted by Crippen LogP contribution is -2.42. The molecule has 5 nitrogen and oxygen atoms in total. The van der Waals surface area contributed by atoms with Crippen molar-refractivity contribution >= 4 is 23.2 Å². The highest BCUT2D eigenvalue weighted by Gasteiger charge is 2.29. The number of hydrogen-bond donors (Lipinski definition) is 1. The van der Waals surface area contributed by atoms with Crippen LogP contribution in [0.25, 0.3) is 0 Å². The molecule has 0 aliphatic carbocycles. The summed E-state index contributed by atoms with van der Waals surface area (Å²) in [6, 6.07) is 7.23. The maximum absolute atomic E-state index is 12.0. The second kappa shape index (κ2) is 6.72. The molecule has 0 spiro atoms. The predicted octanol–water partition coefficient (Wildman–Crippen LogP) is 1.98. The molecule has 1 aromatic carbocycles. The van der Waals surface area contributed by atoms with E-state index in [-0.39, 0.29) is 11.9 Å². The third kappa shape index (κ3) is 3.71. The minimum absolute atomic E-state index is 0.0596. The van der Waals surface area contributed by atoms with Crippen LogP contribution in [0.3, 0.4) is 0 Å². The van der Waals surface area contributed by atoms with E-state index < -0.39 is 6.10 Å². The van der Waals surface area contributed by atoms with Crippen molar-refractivity contribution < 1.29 is 14.4 Å². The van der Waals surface area contributed by atoms with Crippen LogP contribution in [0.1, 0.15) is 18.9 Å². The molecule has 0 saturated heterocycles. The Kier molecular flexibility index (Phi) is 4.98. The topological polar surface area (TPSA) is 59.9 Å². The van der Waals surface area contributed by atoms with Crippen molar-refractivity contribution in [2.45, 2.75) is 25.5 Å². The van der Waals surface area contributed by atoms with Gasteiger partial charge in [0, 0.05) is 24.6 Å². The van der Waals surface area contributed by atoms with E-state index in [1.54, 1.807) is 19.2 Å². The smallest absolute Gasteiger partial charge is 0.264 e. The molecule has 1 aromatic rings. The lowest BCUT2D eigenvalue weighted by molar-refractivity contribution is -0.132. The van der Waals surface area contributed by atoms with Crippen LogP contribution in [-0.4, -0.2) is 37.5 Å². The minimum atomic E-state index is -0.583. The summed E-state index contributed by atoms with van der Waals surface area (Å²) in [5, 5.41) is 7.46. The van der Waals surface area contributed by atoms with Crippen LogP contribution in [-0.2, 0) is 14.4 Å². The number of benzene rings is 1. The zero-order valence-corrected chi connectivity index (χ0v) is 12.2. The highest BCUT2D eigenvalue weighted by Crippen LogP contribution is 2.18. The summed E-state index contributed by atoms with van der Waals surface area (Å²) in [6.07, 6.45) is -0.132. The Balaban J connectivity index is 1.91. The average molecular weight is 297 g/mol. The van der Waals surface area contributed by atoms with Crippen molar-refractivity contribution in [2.24, 2.45) is 5.16 Å². The Morgan fingerprint density at radius 2 is 2.25 bits per heavy atom. The van der Waals surface area contributed by atoms with Crippen LogP contribution in [0.5, 0.6) is 0 Å². The van der Waals surface area contributed by atoms with Gasteiger partial charge in [0.05, 0.1) is 12.3 Å². The van der Waals surface area contributed by atoms with Gasteiger partial charge in [-0.25, -0.2) is 0 Å². The number of amides is 1. The molecule has 0 bridgehead atoms. The third-order valence-corrected chi connectivity index (χ3v) is 3.20. The number of nitrogens with zero attached hydrogens (tertiary/aromatic N) is 1. The van der Waals surface area contributed by atoms with Gasteiger partial charge >= 0.3 is 0 Å². The van der Waals surface area contributed by atoms with Gasteiger partial charge in [0.25, 0.3) is 5.91 Å². The molecule has 1 amide bonds. The fourth-order valence-electron chi connectivity index (χ4n) is 1.96. The molecule has 1 aliphatic heterocycles. The van der Waals surface area contributed by atoms with E-state index in [9.17, 15) is 4.79 Å². The van der Waals surface area contributed by atoms with E-state index in [0.717, 1.165) is 11.3 Å². The van der Waals surface area contributed by atoms with E-state index in [2.05, 4.69) is 10.5 Å². The van der Waals surface area contributed by atoms with Gasteiger partial charge in [0.15, 0.2) is 0 Å². The van der Waals surface area contributed by atoms with Gasteiger partial charge in [-0.15, -0.1) is 0 Å². The number of carbonyl (C=O) groups is 1. The standard InChI is InChI=1S/C14H17ClN2O3/c1-9(8-19-2)16-14(18)13-7-12(17-20-13)10-3-5-11(15)6-4-10/h3-6,9,13H,7-8H2,1-2H3,(H,16,18)/t9-,13+/m0/s1. The van der Waals surface area contributed by atoms with Crippen molar-refractivity contribution in [3.8, 4) is 0 Å². The maximum atomic E-state index is 12.0. The van der Waals surface area contributed by atoms with E-state index in [1.807, 2.05) is 19.1 Å². The Morgan fingerprint density at radius 3 is 2.90 bits per heavy atom. The number of nitrogens with one attached hydrogen (secondary N) is 1. The third-order valence-electron chi connectivity index (χ3n) is 2.94. The first kappa shape index (κ1) is 14.8. The molecule has 2 atom stereocenters. The zero-order chi connectivity index (χ0) is 14.5. The second-order valence-electron chi connectivity index (χ2n) is 4.71. The minimum Gasteiger partial charge on any atom is -0.383 e. The van der Waals surface area contributed by atoms with E-state index in [4.69, 9.17) is 21.2 Å². The molecule has 0 unspecified atom stereocenters. The molecule has 2 rings (SSSR count). The monoisotopic (exact) mass is 296 g/mol. The van der Waals surface area contributed by atoms with Crippen LogP contribution in [0.2, 0.25) is 5.02 Å². The Labute approximate surface area is 122 Å². The lowest BCUT2D eigenvalue weighted by Gasteiger charge is -2.15. The molecule has 0 saturated carbocycles. The summed E-state index contributed by atoms with van der Waals surface area (Å²) in [5.41, 5.74) is 1.66. The van der Waals surface area contributed by atoms with E-state index in [1.165, 1.54) is 0 Å². The molecule has 0 fully saturated rings. The van der Waals surface area contributed by atoms with E-state index in [0.29, 0.717) is 18.1 Å². The predicted molar refractivity (Wildman–Crippen MR) is 77.0 cm³/mol. The number of methoxy groups -OCH3 is 1. The second-order valence-corrected chi connectivity index (χ2v) is 5.14. The van der Waals surface area contributed by atoms with Crippen LogP contribution in [0, 0.1) is 0 Å². The van der Waals surface area contributed by atoms with Gasteiger partial charge in [-0.2, -0.15) is 0 Å². The van der Waals surface area contributed by atoms with Crippen molar-refractivity contribution in [2.75, 3.05) is 13.7 Å². The highest BCUT2D eigenvalue weighted by atomic mass is 35.5. The summed E-state index contributed by atoms with van der Waals surface area (Å²) in [6.45, 7) is 2.33. The number of carbonyl (C=O) groups excluding carboxylic acids is 1. The molecule has 1 N–H and O–H groups in total. The van der Waals surface area contributed by atoms with Gasteiger partial charge in [-0.1, -0.05) is 28.9 Å². The van der Waals surface area contributed by atoms with Gasteiger partial charge in [-0.3, -0.25) is 4.79 Å². The Bertz CT molecular complexity index is 502. The largest absolute Gasteiger partial charge is 0.383 e. The first-order valence-electron chi connectivity index (χ1n) is 6.38. The molecule has 0 radical (unpaired) electrons. The number of ether oxygens (including phenoxy) is 1. The highest BCUT2D eigenvalue weighted by molar-refractivity contribution is 6.30. The Morgan fingerprint density at radius 1 is 1.55 bits per heavy atom. The average Bonchev–Trinajstić information content (AvgIpc) is 2.89. The van der Waals surface area contributed by atoms with Crippen LogP contribution in [0.15, 0.2) is 29.4 Å². The van der Waals surface area contributed by atoms with Gasteiger partial charge in [0.2, 0.25) is 6.10 Å². The lowest BCUT2D eigenvalue weighted by atomic mass is 10.0. The van der Waals surface area contributed by atoms with Gasteiger partial charge < -0.3 is 14.9 Å². The van der Waals surface area contributed by atoms with Crippen LogP contribution < -0.4 is 5.32 Å². The number of oxime groups is 1. The molecule has 1 aliphatic rings. The summed E-state index contributed by atoms with van der Waals surface area (Å²) in [4.78, 5) is 17.2. The van der Waals surface area contributed by atoms with Crippen molar-refractivity contribution in [3.63, 3.8) is 0 Å².